The van der Waals surface area contributed by atoms with E-state index in [1.807, 2.05) is 11.8 Å². The molecule has 3 heteroatoms. The van der Waals surface area contributed by atoms with Crippen LogP contribution in [0.15, 0.2) is 29.2 Å². The van der Waals surface area contributed by atoms with Crippen molar-refractivity contribution in [3.8, 4) is 0 Å². The van der Waals surface area contributed by atoms with Gasteiger partial charge in [0.15, 0.2) is 0 Å². The van der Waals surface area contributed by atoms with Gasteiger partial charge in [-0.1, -0.05) is 18.2 Å². The number of rotatable bonds is 5. The normalized spacial score (nSPS) is 20.8. The fourth-order valence-electron chi connectivity index (χ4n) is 2.12. The van der Waals surface area contributed by atoms with Gasteiger partial charge in [-0.25, -0.2) is 0 Å². The van der Waals surface area contributed by atoms with Crippen LogP contribution in [0.4, 0.5) is 0 Å². The van der Waals surface area contributed by atoms with Crippen LogP contribution in [-0.2, 0) is 0 Å². The molecule has 1 aromatic rings. The van der Waals surface area contributed by atoms with Gasteiger partial charge in [0, 0.05) is 29.3 Å². The van der Waals surface area contributed by atoms with Crippen LogP contribution in [0, 0.1) is 0 Å². The van der Waals surface area contributed by atoms with Crippen molar-refractivity contribution in [2.75, 3.05) is 12.4 Å². The monoisotopic (exact) mass is 237 g/mol. The predicted molar refractivity (Wildman–Crippen MR) is 68.8 cm³/mol. The van der Waals surface area contributed by atoms with E-state index in [9.17, 15) is 0 Å². The van der Waals surface area contributed by atoms with Gasteiger partial charge in [0.2, 0.25) is 0 Å². The smallest absolute Gasteiger partial charge is 0.0431 e. The van der Waals surface area contributed by atoms with Crippen molar-refractivity contribution in [2.24, 2.45) is 0 Å². The van der Waals surface area contributed by atoms with E-state index in [4.69, 9.17) is 5.11 Å². The first kappa shape index (κ1) is 12.0. The second-order valence-electron chi connectivity index (χ2n) is 4.33. The van der Waals surface area contributed by atoms with Crippen LogP contribution in [0.1, 0.15) is 31.4 Å². The molecule has 0 radical (unpaired) electrons. The molecule has 0 spiro atoms. The van der Waals surface area contributed by atoms with Crippen LogP contribution in [-0.4, -0.2) is 23.5 Å². The summed E-state index contributed by atoms with van der Waals surface area (Å²) < 4.78 is 0. The van der Waals surface area contributed by atoms with Crippen LogP contribution in [0.2, 0.25) is 0 Å². The van der Waals surface area contributed by atoms with E-state index in [1.165, 1.54) is 10.5 Å². The number of aliphatic hydroxyl groups excluding tert-OH is 1. The Balaban J connectivity index is 1.92. The molecule has 1 heterocycles. The van der Waals surface area contributed by atoms with Crippen LogP contribution in [0.3, 0.4) is 0 Å². The van der Waals surface area contributed by atoms with E-state index in [-0.39, 0.29) is 0 Å². The van der Waals surface area contributed by atoms with Crippen LogP contribution >= 0.6 is 11.8 Å². The number of benzene rings is 1. The van der Waals surface area contributed by atoms with Gasteiger partial charge in [-0.05, 0) is 31.4 Å². The van der Waals surface area contributed by atoms with Crippen LogP contribution in [0.5, 0.6) is 0 Å². The summed E-state index contributed by atoms with van der Waals surface area (Å²) in [5.74, 6) is 1.13. The lowest BCUT2D eigenvalue weighted by Crippen LogP contribution is -2.30. The summed E-state index contributed by atoms with van der Waals surface area (Å²) in [6.45, 7) is 2.49. The molecule has 2 rings (SSSR count). The molecule has 0 bridgehead atoms. The molecule has 16 heavy (non-hydrogen) atoms. The minimum absolute atomic E-state index is 0.294. The van der Waals surface area contributed by atoms with E-state index in [2.05, 4.69) is 36.5 Å². The first-order valence-corrected chi connectivity index (χ1v) is 6.88. The number of aliphatic hydroxyl groups is 1. The third kappa shape index (κ3) is 2.78. The Morgan fingerprint density at radius 1 is 1.50 bits per heavy atom. The summed E-state index contributed by atoms with van der Waals surface area (Å²) in [6.07, 6.45) is 1.93. The first-order valence-electron chi connectivity index (χ1n) is 5.90. The van der Waals surface area contributed by atoms with Crippen molar-refractivity contribution in [1.29, 1.82) is 0 Å². The van der Waals surface area contributed by atoms with Gasteiger partial charge in [-0.2, -0.15) is 0 Å². The van der Waals surface area contributed by atoms with Gasteiger partial charge in [0.25, 0.3) is 0 Å². The lowest BCUT2D eigenvalue weighted by atomic mass is 10.1. The fraction of sp³-hybridized carbons (Fsp3) is 0.538. The Hall–Kier alpha value is -0.510. The van der Waals surface area contributed by atoms with E-state index >= 15 is 0 Å². The van der Waals surface area contributed by atoms with E-state index in [0.29, 0.717) is 18.7 Å². The zero-order valence-corrected chi connectivity index (χ0v) is 10.5. The maximum absolute atomic E-state index is 8.80. The van der Waals surface area contributed by atoms with Crippen molar-refractivity contribution in [3.63, 3.8) is 0 Å². The number of hydrogen-bond acceptors (Lipinski definition) is 3. The summed E-state index contributed by atoms with van der Waals surface area (Å²) in [6, 6.07) is 9.58. The van der Waals surface area contributed by atoms with Crippen molar-refractivity contribution in [3.05, 3.63) is 29.8 Å². The maximum Gasteiger partial charge on any atom is 0.0431 e. The molecule has 1 aliphatic rings. The van der Waals surface area contributed by atoms with Crippen molar-refractivity contribution in [2.45, 2.75) is 36.7 Å². The molecule has 2 nitrogen and oxygen atoms in total. The van der Waals surface area contributed by atoms with Gasteiger partial charge in [0.05, 0.1) is 0 Å². The minimum Gasteiger partial charge on any atom is -0.396 e. The number of fused-ring (bicyclic) bond motifs is 1. The zero-order valence-electron chi connectivity index (χ0n) is 9.65. The highest BCUT2D eigenvalue weighted by Gasteiger charge is 2.23. The number of thioether (sulfide) groups is 1. The van der Waals surface area contributed by atoms with Crippen molar-refractivity contribution >= 4 is 11.8 Å². The zero-order chi connectivity index (χ0) is 11.4. The minimum atomic E-state index is 0.294. The topological polar surface area (TPSA) is 32.3 Å². The van der Waals surface area contributed by atoms with E-state index in [1.54, 1.807) is 0 Å². The lowest BCUT2D eigenvalue weighted by molar-refractivity contribution is 0.274. The SMILES string of the molecule is CC(CCCO)NC1CSc2ccccc21. The van der Waals surface area contributed by atoms with Crippen molar-refractivity contribution < 1.29 is 5.11 Å². The highest BCUT2D eigenvalue weighted by atomic mass is 32.2. The summed E-state index contributed by atoms with van der Waals surface area (Å²) in [5.41, 5.74) is 1.43. The molecule has 0 fully saturated rings. The quantitative estimate of drug-likeness (QED) is 0.825. The average Bonchev–Trinajstić information content (AvgIpc) is 2.70. The Morgan fingerprint density at radius 3 is 3.12 bits per heavy atom. The molecule has 0 amide bonds. The van der Waals surface area contributed by atoms with E-state index < -0.39 is 0 Å². The lowest BCUT2D eigenvalue weighted by Gasteiger charge is -2.19. The highest BCUT2D eigenvalue weighted by Crippen LogP contribution is 2.37. The molecule has 0 saturated heterocycles. The Labute approximate surface area is 101 Å². The third-order valence-corrected chi connectivity index (χ3v) is 4.16. The molecular formula is C13H19NOS. The summed E-state index contributed by atoms with van der Waals surface area (Å²) in [7, 11) is 0. The predicted octanol–water partition coefficient (Wildman–Crippen LogP) is 2.58. The standard InChI is InChI=1S/C13H19NOS/c1-10(5-4-8-15)14-12-9-16-13-7-3-2-6-11(12)13/h2-3,6-7,10,12,14-15H,4-5,8-9H2,1H3. The van der Waals surface area contributed by atoms with Gasteiger partial charge >= 0.3 is 0 Å². The molecule has 0 aromatic heterocycles. The second-order valence-corrected chi connectivity index (χ2v) is 5.40. The van der Waals surface area contributed by atoms with Crippen LogP contribution in [0.25, 0.3) is 0 Å². The molecule has 2 atom stereocenters. The Morgan fingerprint density at radius 2 is 2.31 bits per heavy atom. The van der Waals surface area contributed by atoms with Gasteiger partial charge in [-0.3, -0.25) is 0 Å². The Kier molecular flexibility index (Phi) is 4.27. The Bertz CT molecular complexity index is 342. The summed E-state index contributed by atoms with van der Waals surface area (Å²) >= 11 is 1.93. The molecule has 88 valence electrons. The fourth-order valence-corrected chi connectivity index (χ4v) is 3.30. The molecule has 1 aliphatic heterocycles. The van der Waals surface area contributed by atoms with Gasteiger partial charge < -0.3 is 10.4 Å². The molecule has 0 aliphatic carbocycles. The maximum atomic E-state index is 8.80. The molecular weight excluding hydrogens is 218 g/mol. The van der Waals surface area contributed by atoms with Crippen molar-refractivity contribution in [1.82, 2.24) is 5.32 Å². The second kappa shape index (κ2) is 5.71. The molecule has 0 saturated carbocycles. The van der Waals surface area contributed by atoms with Crippen LogP contribution < -0.4 is 5.32 Å². The average molecular weight is 237 g/mol. The largest absolute Gasteiger partial charge is 0.396 e. The van der Waals surface area contributed by atoms with E-state index in [0.717, 1.165) is 18.6 Å². The van der Waals surface area contributed by atoms with Gasteiger partial charge in [0.1, 0.15) is 0 Å². The molecule has 1 aromatic carbocycles. The molecule has 2 N–H and O–H groups in total. The number of hydrogen-bond donors (Lipinski definition) is 2. The summed E-state index contributed by atoms with van der Waals surface area (Å²) in [4.78, 5) is 1.41. The van der Waals surface area contributed by atoms with Gasteiger partial charge in [-0.15, -0.1) is 11.8 Å². The first-order chi connectivity index (χ1) is 7.81. The number of nitrogens with one attached hydrogen (secondary N) is 1. The summed E-state index contributed by atoms with van der Waals surface area (Å²) in [5, 5.41) is 12.4. The highest BCUT2D eigenvalue weighted by molar-refractivity contribution is 7.99. The third-order valence-electron chi connectivity index (χ3n) is 2.98. The molecule has 2 unspecified atom stereocenters.